The van der Waals surface area contributed by atoms with Crippen LogP contribution in [-0.2, 0) is 4.79 Å². The van der Waals surface area contributed by atoms with E-state index in [4.69, 9.17) is 5.11 Å². The predicted octanol–water partition coefficient (Wildman–Crippen LogP) is 3.15. The second kappa shape index (κ2) is 5.68. The molecule has 2 aromatic heterocycles. The molecule has 2 N–H and O–H groups in total. The molecule has 94 valence electrons. The monoisotopic (exact) mass is 345 g/mol. The van der Waals surface area contributed by atoms with Crippen LogP contribution in [0.15, 0.2) is 26.0 Å². The van der Waals surface area contributed by atoms with Crippen LogP contribution in [0.5, 0.6) is 0 Å². The minimum absolute atomic E-state index is 0.184. The van der Waals surface area contributed by atoms with Gasteiger partial charge in [-0.15, -0.1) is 16.4 Å². The number of hydrogen-bond acceptors (Lipinski definition) is 5. The number of carboxylic acid groups (broad SMARTS) is 1. The van der Waals surface area contributed by atoms with E-state index in [9.17, 15) is 4.79 Å². The number of aromatic amines is 1. The van der Waals surface area contributed by atoms with E-state index in [1.807, 2.05) is 12.1 Å². The van der Waals surface area contributed by atoms with Gasteiger partial charge in [-0.3, -0.25) is 5.10 Å². The van der Waals surface area contributed by atoms with Crippen LogP contribution in [0, 0.1) is 6.92 Å². The van der Waals surface area contributed by atoms with Crippen molar-refractivity contribution < 1.29 is 9.90 Å². The molecule has 8 heteroatoms. The lowest BCUT2D eigenvalue weighted by Crippen LogP contribution is -1.96. The molecule has 2 heterocycles. The summed E-state index contributed by atoms with van der Waals surface area (Å²) in [6.45, 7) is 1.76. The molecule has 0 bridgehead atoms. The van der Waals surface area contributed by atoms with Crippen molar-refractivity contribution in [2.45, 2.75) is 12.1 Å². The molecule has 0 saturated carbocycles. The Morgan fingerprint density at radius 3 is 2.89 bits per heavy atom. The smallest absolute Gasteiger partial charge is 0.342 e. The maximum Gasteiger partial charge on any atom is 0.342 e. The standard InChI is InChI=1S/C10H8BrN3O2S2/c1-5-12-10(14-13-5)18-7(9(15)16)4-6-2-3-8(11)17-6/h2-4H,1H3,(H,15,16)(H,12,13,14)/b7-4-. The van der Waals surface area contributed by atoms with Gasteiger partial charge in [-0.25, -0.2) is 9.78 Å². The molecule has 0 radical (unpaired) electrons. The van der Waals surface area contributed by atoms with Crippen LogP contribution in [0.4, 0.5) is 0 Å². The zero-order valence-corrected chi connectivity index (χ0v) is 12.4. The van der Waals surface area contributed by atoms with Gasteiger partial charge in [0.15, 0.2) is 0 Å². The predicted molar refractivity (Wildman–Crippen MR) is 74.6 cm³/mol. The fourth-order valence-corrected chi connectivity index (χ4v) is 3.32. The maximum atomic E-state index is 11.2. The van der Waals surface area contributed by atoms with Gasteiger partial charge in [-0.2, -0.15) is 0 Å². The maximum absolute atomic E-state index is 11.2. The van der Waals surface area contributed by atoms with Crippen LogP contribution in [0.1, 0.15) is 10.7 Å². The van der Waals surface area contributed by atoms with Gasteiger partial charge in [0.1, 0.15) is 10.7 Å². The first kappa shape index (κ1) is 13.3. The van der Waals surface area contributed by atoms with E-state index < -0.39 is 5.97 Å². The number of carboxylic acids is 1. The highest BCUT2D eigenvalue weighted by Gasteiger charge is 2.13. The summed E-state index contributed by atoms with van der Waals surface area (Å²) in [6.07, 6.45) is 1.61. The Labute approximate surface area is 119 Å². The number of aliphatic carboxylic acids is 1. The first-order valence-electron chi connectivity index (χ1n) is 4.82. The van der Waals surface area contributed by atoms with Gasteiger partial charge < -0.3 is 5.11 Å². The number of thioether (sulfide) groups is 1. The zero-order chi connectivity index (χ0) is 13.1. The lowest BCUT2D eigenvalue weighted by atomic mass is 10.4. The molecule has 0 spiro atoms. The van der Waals surface area contributed by atoms with E-state index in [0.717, 1.165) is 20.4 Å². The van der Waals surface area contributed by atoms with Crippen molar-refractivity contribution in [1.82, 2.24) is 15.2 Å². The average molecular weight is 346 g/mol. The molecule has 2 rings (SSSR count). The number of aryl methyl sites for hydroxylation is 1. The number of hydrogen-bond donors (Lipinski definition) is 2. The van der Waals surface area contributed by atoms with Gasteiger partial charge in [-0.05, 0) is 52.8 Å². The topological polar surface area (TPSA) is 78.9 Å². The molecule has 0 saturated heterocycles. The lowest BCUT2D eigenvalue weighted by molar-refractivity contribution is -0.131. The molecule has 0 fully saturated rings. The fourth-order valence-electron chi connectivity index (χ4n) is 1.14. The summed E-state index contributed by atoms with van der Waals surface area (Å²) in [7, 11) is 0. The van der Waals surface area contributed by atoms with E-state index in [0.29, 0.717) is 11.0 Å². The van der Waals surface area contributed by atoms with Crippen LogP contribution >= 0.6 is 39.0 Å². The quantitative estimate of drug-likeness (QED) is 0.657. The number of H-pyrrole nitrogens is 1. The molecular formula is C10H8BrN3O2S2. The first-order valence-corrected chi connectivity index (χ1v) is 7.24. The normalized spacial score (nSPS) is 11.8. The minimum Gasteiger partial charge on any atom is -0.477 e. The van der Waals surface area contributed by atoms with E-state index in [-0.39, 0.29) is 4.91 Å². The highest BCUT2D eigenvalue weighted by atomic mass is 79.9. The number of carbonyl (C=O) groups is 1. The van der Waals surface area contributed by atoms with Crippen LogP contribution in [0.2, 0.25) is 0 Å². The van der Waals surface area contributed by atoms with Gasteiger partial charge in [-0.1, -0.05) is 0 Å². The summed E-state index contributed by atoms with van der Waals surface area (Å²) >= 11 is 5.82. The number of halogens is 1. The Morgan fingerprint density at radius 2 is 2.39 bits per heavy atom. The average Bonchev–Trinajstić information content (AvgIpc) is 2.87. The Morgan fingerprint density at radius 1 is 1.61 bits per heavy atom. The Bertz CT molecular complexity index is 606. The van der Waals surface area contributed by atoms with E-state index in [1.54, 1.807) is 13.0 Å². The molecule has 0 atom stereocenters. The van der Waals surface area contributed by atoms with Gasteiger partial charge in [0.25, 0.3) is 0 Å². The largest absolute Gasteiger partial charge is 0.477 e. The van der Waals surface area contributed by atoms with E-state index in [2.05, 4.69) is 31.1 Å². The SMILES string of the molecule is Cc1nc(S/C(=C\c2ccc(Br)s2)C(=O)O)n[nH]1. The minimum atomic E-state index is -0.994. The van der Waals surface area contributed by atoms with E-state index >= 15 is 0 Å². The summed E-state index contributed by atoms with van der Waals surface area (Å²) < 4.78 is 0.956. The Balaban J connectivity index is 2.23. The Hall–Kier alpha value is -1.12. The van der Waals surface area contributed by atoms with Gasteiger partial charge in [0.2, 0.25) is 5.16 Å². The van der Waals surface area contributed by atoms with Crippen molar-refractivity contribution in [1.29, 1.82) is 0 Å². The summed E-state index contributed by atoms with van der Waals surface area (Å²) in [6, 6.07) is 3.72. The molecule has 0 aliphatic carbocycles. The van der Waals surface area contributed by atoms with Crippen LogP contribution in [0.25, 0.3) is 6.08 Å². The van der Waals surface area contributed by atoms with Crippen LogP contribution in [-0.4, -0.2) is 26.3 Å². The number of aromatic nitrogens is 3. The molecule has 0 amide bonds. The van der Waals surface area contributed by atoms with Crippen molar-refractivity contribution in [3.63, 3.8) is 0 Å². The van der Waals surface area contributed by atoms with Crippen molar-refractivity contribution in [3.8, 4) is 0 Å². The Kier molecular flexibility index (Phi) is 4.20. The molecule has 0 unspecified atom stereocenters. The summed E-state index contributed by atoms with van der Waals surface area (Å²) in [5.41, 5.74) is 0. The van der Waals surface area contributed by atoms with Crippen LogP contribution in [0.3, 0.4) is 0 Å². The van der Waals surface area contributed by atoms with E-state index in [1.165, 1.54) is 11.3 Å². The highest BCUT2D eigenvalue weighted by molar-refractivity contribution is 9.11. The molecular weight excluding hydrogens is 338 g/mol. The third-order valence-corrected chi connectivity index (χ3v) is 4.30. The number of rotatable bonds is 4. The van der Waals surface area contributed by atoms with Gasteiger partial charge >= 0.3 is 5.97 Å². The number of nitrogens with one attached hydrogen (secondary N) is 1. The van der Waals surface area contributed by atoms with Crippen LogP contribution < -0.4 is 0 Å². The molecule has 5 nitrogen and oxygen atoms in total. The fraction of sp³-hybridized carbons (Fsp3) is 0.100. The van der Waals surface area contributed by atoms with Crippen molar-refractivity contribution in [2.24, 2.45) is 0 Å². The zero-order valence-electron chi connectivity index (χ0n) is 9.18. The highest BCUT2D eigenvalue weighted by Crippen LogP contribution is 2.29. The second-order valence-corrected chi connectivity index (χ2v) is 6.76. The third kappa shape index (κ3) is 3.44. The summed E-state index contributed by atoms with van der Waals surface area (Å²) in [5, 5.41) is 16.1. The molecule has 0 aliphatic rings. The van der Waals surface area contributed by atoms with Crippen molar-refractivity contribution in [3.05, 3.63) is 31.5 Å². The van der Waals surface area contributed by atoms with Gasteiger partial charge in [0, 0.05) is 4.88 Å². The van der Waals surface area contributed by atoms with Crippen molar-refractivity contribution >= 4 is 51.1 Å². The molecule has 0 aromatic carbocycles. The molecule has 2 aromatic rings. The molecule has 0 aliphatic heterocycles. The number of nitrogens with zero attached hydrogens (tertiary/aromatic N) is 2. The first-order chi connectivity index (χ1) is 8.54. The summed E-state index contributed by atoms with van der Waals surface area (Å²) in [4.78, 5) is 16.3. The number of thiophene rings is 1. The summed E-state index contributed by atoms with van der Waals surface area (Å²) in [5.74, 6) is -0.340. The molecule has 18 heavy (non-hydrogen) atoms. The second-order valence-electron chi connectivity index (χ2n) is 3.26. The lowest BCUT2D eigenvalue weighted by Gasteiger charge is -1.97. The third-order valence-electron chi connectivity index (χ3n) is 1.86. The van der Waals surface area contributed by atoms with Gasteiger partial charge in [0.05, 0.1) is 3.79 Å². The van der Waals surface area contributed by atoms with Crippen molar-refractivity contribution in [2.75, 3.05) is 0 Å².